The van der Waals surface area contributed by atoms with Crippen LogP contribution in [-0.2, 0) is 4.79 Å². The van der Waals surface area contributed by atoms with Gasteiger partial charge in [0, 0.05) is 7.05 Å². The predicted molar refractivity (Wildman–Crippen MR) is 115 cm³/mol. The van der Waals surface area contributed by atoms with Crippen molar-refractivity contribution in [2.75, 3.05) is 7.05 Å². The number of aryl methyl sites for hydroxylation is 2. The number of urea groups is 1. The lowest BCUT2D eigenvalue weighted by Crippen LogP contribution is -2.41. The summed E-state index contributed by atoms with van der Waals surface area (Å²) in [5, 5.41) is 4.85. The second kappa shape index (κ2) is 8.48. The molecule has 1 atom stereocenters. The van der Waals surface area contributed by atoms with Gasteiger partial charge in [-0.1, -0.05) is 36.0 Å². The molecule has 0 aliphatic rings. The van der Waals surface area contributed by atoms with Crippen molar-refractivity contribution in [1.29, 1.82) is 0 Å². The summed E-state index contributed by atoms with van der Waals surface area (Å²) in [7, 11) is 1.43. The zero-order chi connectivity index (χ0) is 21.1. The summed E-state index contributed by atoms with van der Waals surface area (Å²) in [5.74, 6) is -0.468. The lowest BCUT2D eigenvalue weighted by Gasteiger charge is -2.18. The van der Waals surface area contributed by atoms with Crippen LogP contribution in [0.5, 0.6) is 0 Å². The van der Waals surface area contributed by atoms with Gasteiger partial charge in [-0.2, -0.15) is 0 Å². The first-order valence-electron chi connectivity index (χ1n) is 9.10. The third kappa shape index (κ3) is 4.32. The molecule has 0 saturated carbocycles. The van der Waals surface area contributed by atoms with Gasteiger partial charge in [0.1, 0.15) is 0 Å². The van der Waals surface area contributed by atoms with Crippen molar-refractivity contribution in [2.24, 2.45) is 0 Å². The zero-order valence-corrected chi connectivity index (χ0v) is 17.5. The van der Waals surface area contributed by atoms with E-state index in [1.807, 2.05) is 38.1 Å². The van der Waals surface area contributed by atoms with E-state index in [4.69, 9.17) is 0 Å². The van der Waals surface area contributed by atoms with E-state index in [0.29, 0.717) is 16.1 Å². The minimum Gasteiger partial charge on any atom is -0.341 e. The van der Waals surface area contributed by atoms with Crippen LogP contribution in [0.4, 0.5) is 4.79 Å². The number of hydrogen-bond donors (Lipinski definition) is 2. The number of carbonyl (C=O) groups is 2. The predicted octanol–water partition coefficient (Wildman–Crippen LogP) is 2.94. The van der Waals surface area contributed by atoms with Crippen LogP contribution in [0.15, 0.2) is 52.4 Å². The van der Waals surface area contributed by atoms with Gasteiger partial charge in [0.2, 0.25) is 5.91 Å². The molecule has 0 spiro atoms. The molecular weight excluding hydrogens is 388 g/mol. The smallest absolute Gasteiger partial charge is 0.321 e. The Balaban J connectivity index is 2.15. The molecular formula is C21H22N4O3S. The molecule has 0 bridgehead atoms. The van der Waals surface area contributed by atoms with Crippen LogP contribution < -0.4 is 16.2 Å². The van der Waals surface area contributed by atoms with Crippen molar-refractivity contribution in [3.8, 4) is 5.69 Å². The van der Waals surface area contributed by atoms with Crippen LogP contribution in [0.3, 0.4) is 0 Å². The number of para-hydroxylation sites is 1. The molecule has 2 aromatic carbocycles. The van der Waals surface area contributed by atoms with E-state index in [1.54, 1.807) is 29.7 Å². The highest BCUT2D eigenvalue weighted by Crippen LogP contribution is 2.26. The molecule has 7 nitrogen and oxygen atoms in total. The van der Waals surface area contributed by atoms with Gasteiger partial charge in [-0.15, -0.1) is 0 Å². The van der Waals surface area contributed by atoms with Crippen molar-refractivity contribution < 1.29 is 9.59 Å². The average molecular weight is 410 g/mol. The molecule has 0 aliphatic carbocycles. The van der Waals surface area contributed by atoms with Crippen LogP contribution in [0.2, 0.25) is 0 Å². The molecule has 0 saturated heterocycles. The van der Waals surface area contributed by atoms with Gasteiger partial charge < -0.3 is 5.32 Å². The Bertz CT molecular complexity index is 1160. The quantitative estimate of drug-likeness (QED) is 0.510. The molecule has 0 fully saturated rings. The molecule has 8 heteroatoms. The number of hydrogen-bond acceptors (Lipinski definition) is 5. The van der Waals surface area contributed by atoms with Gasteiger partial charge >= 0.3 is 6.03 Å². The number of nitrogens with zero attached hydrogens (tertiary/aromatic N) is 2. The molecule has 3 amide bonds. The number of rotatable bonds is 4. The second-order valence-corrected chi connectivity index (χ2v) is 7.98. The van der Waals surface area contributed by atoms with Crippen LogP contribution in [-0.4, -0.2) is 33.8 Å². The summed E-state index contributed by atoms with van der Waals surface area (Å²) in [4.78, 5) is 41.8. The van der Waals surface area contributed by atoms with Gasteiger partial charge in [0.25, 0.3) is 5.56 Å². The van der Waals surface area contributed by atoms with Crippen molar-refractivity contribution in [2.45, 2.75) is 31.2 Å². The van der Waals surface area contributed by atoms with Crippen LogP contribution in [0, 0.1) is 13.8 Å². The maximum atomic E-state index is 13.3. The number of imide groups is 1. The molecule has 1 aromatic heterocycles. The summed E-state index contributed by atoms with van der Waals surface area (Å²) < 4.78 is 1.54. The lowest BCUT2D eigenvalue weighted by atomic mass is 10.1. The standard InChI is InChI=1S/C21H22N4O3S/c1-12-9-10-13(2)17(11-12)25-19(27)15-7-5-6-8-16(15)23-21(25)29-14(3)18(26)24-20(28)22-4/h5-11,14H,1-4H3,(H2,22,24,26,28). The van der Waals surface area contributed by atoms with Gasteiger partial charge in [0.05, 0.1) is 21.8 Å². The number of aromatic nitrogens is 2. The third-order valence-electron chi connectivity index (χ3n) is 4.47. The van der Waals surface area contributed by atoms with Crippen LogP contribution in [0.1, 0.15) is 18.1 Å². The Morgan fingerprint density at radius 2 is 1.86 bits per heavy atom. The summed E-state index contributed by atoms with van der Waals surface area (Å²) in [6, 6.07) is 12.4. The van der Waals surface area contributed by atoms with Crippen LogP contribution in [0.25, 0.3) is 16.6 Å². The lowest BCUT2D eigenvalue weighted by molar-refractivity contribution is -0.119. The van der Waals surface area contributed by atoms with Gasteiger partial charge in [-0.05, 0) is 50.1 Å². The molecule has 1 heterocycles. The minimum atomic E-state index is -0.642. The Labute approximate surface area is 172 Å². The van der Waals surface area contributed by atoms with E-state index in [-0.39, 0.29) is 5.56 Å². The largest absolute Gasteiger partial charge is 0.341 e. The molecule has 0 aliphatic heterocycles. The molecule has 3 aromatic rings. The molecule has 1 unspecified atom stereocenters. The highest BCUT2D eigenvalue weighted by atomic mass is 32.2. The van der Waals surface area contributed by atoms with Gasteiger partial charge in [0.15, 0.2) is 5.16 Å². The fourth-order valence-corrected chi connectivity index (χ4v) is 3.77. The number of nitrogens with one attached hydrogen (secondary N) is 2. The van der Waals surface area contributed by atoms with Crippen LogP contribution >= 0.6 is 11.8 Å². The number of carbonyl (C=O) groups excluding carboxylic acids is 2. The first kappa shape index (κ1) is 20.6. The Hall–Kier alpha value is -3.13. The molecule has 3 rings (SSSR count). The van der Waals surface area contributed by atoms with E-state index >= 15 is 0 Å². The number of amides is 3. The molecule has 2 N–H and O–H groups in total. The number of benzene rings is 2. The molecule has 0 radical (unpaired) electrons. The monoisotopic (exact) mass is 410 g/mol. The van der Waals surface area contributed by atoms with E-state index in [1.165, 1.54) is 7.05 Å². The number of fused-ring (bicyclic) bond motifs is 1. The SMILES string of the molecule is CNC(=O)NC(=O)C(C)Sc1nc2ccccc2c(=O)n1-c1cc(C)ccc1C. The summed E-state index contributed by atoms with van der Waals surface area (Å²) in [6.07, 6.45) is 0. The summed E-state index contributed by atoms with van der Waals surface area (Å²) in [6.45, 7) is 5.54. The van der Waals surface area contributed by atoms with Crippen molar-refractivity contribution in [1.82, 2.24) is 20.2 Å². The molecule has 29 heavy (non-hydrogen) atoms. The Morgan fingerprint density at radius 1 is 1.14 bits per heavy atom. The minimum absolute atomic E-state index is 0.203. The van der Waals surface area contributed by atoms with E-state index in [0.717, 1.165) is 28.6 Å². The first-order chi connectivity index (χ1) is 13.8. The highest BCUT2D eigenvalue weighted by molar-refractivity contribution is 8.00. The van der Waals surface area contributed by atoms with E-state index in [9.17, 15) is 14.4 Å². The third-order valence-corrected chi connectivity index (χ3v) is 5.52. The van der Waals surface area contributed by atoms with Gasteiger partial charge in [-0.25, -0.2) is 9.78 Å². The average Bonchev–Trinajstić information content (AvgIpc) is 2.70. The van der Waals surface area contributed by atoms with Gasteiger partial charge in [-0.3, -0.25) is 19.5 Å². The van der Waals surface area contributed by atoms with Crippen molar-refractivity contribution in [3.05, 3.63) is 63.9 Å². The maximum absolute atomic E-state index is 13.3. The van der Waals surface area contributed by atoms with E-state index < -0.39 is 17.2 Å². The fraction of sp³-hybridized carbons (Fsp3) is 0.238. The highest BCUT2D eigenvalue weighted by Gasteiger charge is 2.22. The first-order valence-corrected chi connectivity index (χ1v) is 9.98. The Morgan fingerprint density at radius 3 is 2.59 bits per heavy atom. The summed E-state index contributed by atoms with van der Waals surface area (Å²) >= 11 is 1.13. The normalized spacial score (nSPS) is 11.9. The van der Waals surface area contributed by atoms with Crippen molar-refractivity contribution in [3.63, 3.8) is 0 Å². The zero-order valence-electron chi connectivity index (χ0n) is 16.6. The summed E-state index contributed by atoms with van der Waals surface area (Å²) in [5.41, 5.74) is 2.99. The number of thioether (sulfide) groups is 1. The maximum Gasteiger partial charge on any atom is 0.321 e. The van der Waals surface area contributed by atoms with E-state index in [2.05, 4.69) is 15.6 Å². The van der Waals surface area contributed by atoms with Crippen molar-refractivity contribution >= 4 is 34.6 Å². The topological polar surface area (TPSA) is 93.1 Å². The molecule has 150 valence electrons. The Kier molecular flexibility index (Phi) is 6.03. The second-order valence-electron chi connectivity index (χ2n) is 6.67. The fourth-order valence-electron chi connectivity index (χ4n) is 2.85.